The van der Waals surface area contributed by atoms with Gasteiger partial charge in [0, 0.05) is 18.6 Å². The fourth-order valence-electron chi connectivity index (χ4n) is 1.86. The van der Waals surface area contributed by atoms with Gasteiger partial charge in [-0.3, -0.25) is 9.59 Å². The summed E-state index contributed by atoms with van der Waals surface area (Å²) in [7, 11) is 0. The van der Waals surface area contributed by atoms with Crippen LogP contribution in [0, 0.1) is 0 Å². The van der Waals surface area contributed by atoms with E-state index in [2.05, 4.69) is 10.6 Å². The van der Waals surface area contributed by atoms with E-state index in [0.717, 1.165) is 0 Å². The molecule has 0 aromatic rings. The number of piperazine rings is 1. The summed E-state index contributed by atoms with van der Waals surface area (Å²) in [4.78, 5) is 25.3. The van der Waals surface area contributed by atoms with E-state index in [0.29, 0.717) is 19.5 Å². The zero-order valence-corrected chi connectivity index (χ0v) is 11.2. The van der Waals surface area contributed by atoms with Crippen molar-refractivity contribution in [3.05, 3.63) is 0 Å². The molecule has 5 nitrogen and oxygen atoms in total. The van der Waals surface area contributed by atoms with Crippen LogP contribution >= 0.6 is 0 Å². The first-order valence-electron chi connectivity index (χ1n) is 6.17. The van der Waals surface area contributed by atoms with Crippen molar-refractivity contribution in [3.63, 3.8) is 0 Å². The molecule has 0 aromatic carbocycles. The molecule has 1 atom stereocenters. The molecule has 2 N–H and O–H groups in total. The van der Waals surface area contributed by atoms with E-state index in [1.807, 2.05) is 27.7 Å². The number of amides is 2. The summed E-state index contributed by atoms with van der Waals surface area (Å²) in [5.41, 5.74) is -0.0879. The second-order valence-corrected chi connectivity index (χ2v) is 5.41. The monoisotopic (exact) mass is 241 g/mol. The van der Waals surface area contributed by atoms with Crippen LogP contribution in [0.5, 0.6) is 0 Å². The second-order valence-electron chi connectivity index (χ2n) is 5.41. The van der Waals surface area contributed by atoms with Crippen molar-refractivity contribution in [2.24, 2.45) is 0 Å². The molecule has 0 saturated carbocycles. The summed E-state index contributed by atoms with van der Waals surface area (Å²) in [6, 6.07) is -0.307. The van der Waals surface area contributed by atoms with Gasteiger partial charge in [-0.15, -0.1) is 0 Å². The number of carbonyl (C=O) groups excluding carboxylic acids is 2. The van der Waals surface area contributed by atoms with Crippen molar-refractivity contribution in [1.82, 2.24) is 15.5 Å². The van der Waals surface area contributed by atoms with Crippen molar-refractivity contribution in [3.8, 4) is 0 Å². The highest BCUT2D eigenvalue weighted by Crippen LogP contribution is 2.09. The maximum atomic E-state index is 12.0. The first kappa shape index (κ1) is 14.0. The summed E-state index contributed by atoms with van der Waals surface area (Å²) in [5.74, 6) is -0.0375. The maximum Gasteiger partial charge on any atom is 0.242 e. The predicted octanol–water partition coefficient (Wildman–Crippen LogP) is 0.112. The van der Waals surface area contributed by atoms with Crippen LogP contribution in [0.4, 0.5) is 0 Å². The fraction of sp³-hybridized carbons (Fsp3) is 0.833. The minimum absolute atomic E-state index is 0.00150. The summed E-state index contributed by atoms with van der Waals surface area (Å²) < 4.78 is 0. The van der Waals surface area contributed by atoms with Crippen LogP contribution in [0.1, 0.15) is 34.1 Å². The summed E-state index contributed by atoms with van der Waals surface area (Å²) >= 11 is 0. The largest absolute Gasteiger partial charge is 0.353 e. The Bertz CT molecular complexity index is 297. The summed E-state index contributed by atoms with van der Waals surface area (Å²) in [5, 5.41) is 5.94. The highest BCUT2D eigenvalue weighted by atomic mass is 16.2. The van der Waals surface area contributed by atoms with Gasteiger partial charge < -0.3 is 15.5 Å². The van der Waals surface area contributed by atoms with Gasteiger partial charge in [-0.25, -0.2) is 0 Å². The lowest BCUT2D eigenvalue weighted by Gasteiger charge is -2.35. The average Bonchev–Trinajstić information content (AvgIpc) is 2.24. The molecule has 98 valence electrons. The van der Waals surface area contributed by atoms with Gasteiger partial charge in [0.15, 0.2) is 0 Å². The van der Waals surface area contributed by atoms with Gasteiger partial charge in [0.2, 0.25) is 11.8 Å². The molecular weight excluding hydrogens is 218 g/mol. The summed E-state index contributed by atoms with van der Waals surface area (Å²) in [6.45, 7) is 9.41. The number of nitrogens with zero attached hydrogens (tertiary/aromatic N) is 1. The Kier molecular flexibility index (Phi) is 4.51. The lowest BCUT2D eigenvalue weighted by atomic mass is 10.1. The molecule has 0 aromatic heterocycles. The zero-order chi connectivity index (χ0) is 13.1. The normalized spacial score (nSPS) is 21.3. The Balaban J connectivity index is 2.57. The Labute approximate surface area is 103 Å². The maximum absolute atomic E-state index is 12.0. The number of nitrogens with one attached hydrogen (secondary N) is 2. The highest BCUT2D eigenvalue weighted by Gasteiger charge is 2.31. The third kappa shape index (κ3) is 4.00. The van der Waals surface area contributed by atoms with Gasteiger partial charge in [0.05, 0.1) is 6.54 Å². The molecule has 17 heavy (non-hydrogen) atoms. The SMILES string of the molecule is CCC1C(=O)NCCN1C(=O)CNC(C)(C)C. The van der Waals surface area contributed by atoms with Crippen LogP contribution in [-0.2, 0) is 9.59 Å². The number of hydrogen-bond donors (Lipinski definition) is 2. The van der Waals surface area contributed by atoms with E-state index in [-0.39, 0.29) is 29.9 Å². The number of carbonyl (C=O) groups is 2. The molecule has 1 aliphatic rings. The van der Waals surface area contributed by atoms with Crippen LogP contribution in [0.25, 0.3) is 0 Å². The van der Waals surface area contributed by atoms with Crippen LogP contribution in [-0.4, -0.2) is 47.9 Å². The molecule has 0 spiro atoms. The fourth-order valence-corrected chi connectivity index (χ4v) is 1.86. The van der Waals surface area contributed by atoms with Gasteiger partial charge in [0.25, 0.3) is 0 Å². The van der Waals surface area contributed by atoms with Crippen molar-refractivity contribution < 1.29 is 9.59 Å². The van der Waals surface area contributed by atoms with Crippen LogP contribution in [0.3, 0.4) is 0 Å². The third-order valence-electron chi connectivity index (χ3n) is 2.81. The highest BCUT2D eigenvalue weighted by molar-refractivity contribution is 5.89. The number of hydrogen-bond acceptors (Lipinski definition) is 3. The van der Waals surface area contributed by atoms with E-state index in [4.69, 9.17) is 0 Å². The first-order chi connectivity index (χ1) is 7.85. The molecular formula is C12H23N3O2. The second kappa shape index (κ2) is 5.49. The van der Waals surface area contributed by atoms with Crippen molar-refractivity contribution >= 4 is 11.8 Å². The van der Waals surface area contributed by atoms with Gasteiger partial charge in [0.1, 0.15) is 6.04 Å². The lowest BCUT2D eigenvalue weighted by molar-refractivity contribution is -0.142. The van der Waals surface area contributed by atoms with Crippen molar-refractivity contribution in [2.75, 3.05) is 19.6 Å². The minimum Gasteiger partial charge on any atom is -0.353 e. The smallest absolute Gasteiger partial charge is 0.242 e. The van der Waals surface area contributed by atoms with E-state index in [1.54, 1.807) is 4.90 Å². The lowest BCUT2D eigenvalue weighted by Crippen LogP contribution is -2.59. The molecule has 1 saturated heterocycles. The minimum atomic E-state index is -0.307. The molecule has 1 fully saturated rings. The van der Waals surface area contributed by atoms with E-state index in [1.165, 1.54) is 0 Å². The van der Waals surface area contributed by atoms with E-state index < -0.39 is 0 Å². The van der Waals surface area contributed by atoms with Crippen molar-refractivity contribution in [2.45, 2.75) is 45.7 Å². The summed E-state index contributed by atoms with van der Waals surface area (Å²) in [6.07, 6.45) is 0.660. The molecule has 2 amide bonds. The van der Waals surface area contributed by atoms with Crippen LogP contribution < -0.4 is 10.6 Å². The molecule has 0 radical (unpaired) electrons. The Hall–Kier alpha value is -1.10. The third-order valence-corrected chi connectivity index (χ3v) is 2.81. The molecule has 1 rings (SSSR count). The van der Waals surface area contributed by atoms with Crippen LogP contribution in [0.2, 0.25) is 0 Å². The van der Waals surface area contributed by atoms with E-state index in [9.17, 15) is 9.59 Å². The number of rotatable bonds is 3. The Morgan fingerprint density at radius 3 is 2.71 bits per heavy atom. The Morgan fingerprint density at radius 1 is 1.53 bits per heavy atom. The first-order valence-corrected chi connectivity index (χ1v) is 6.17. The molecule has 0 aliphatic carbocycles. The molecule has 5 heteroatoms. The van der Waals surface area contributed by atoms with Gasteiger partial charge >= 0.3 is 0 Å². The van der Waals surface area contributed by atoms with E-state index >= 15 is 0 Å². The quantitative estimate of drug-likeness (QED) is 0.737. The molecule has 1 aliphatic heterocycles. The predicted molar refractivity (Wildman–Crippen MR) is 66.6 cm³/mol. The standard InChI is InChI=1S/C12H23N3O2/c1-5-9-11(17)13-6-7-15(9)10(16)8-14-12(2,3)4/h9,14H,5-8H2,1-4H3,(H,13,17). The Morgan fingerprint density at radius 2 is 2.18 bits per heavy atom. The molecule has 1 unspecified atom stereocenters. The van der Waals surface area contributed by atoms with Crippen LogP contribution in [0.15, 0.2) is 0 Å². The zero-order valence-electron chi connectivity index (χ0n) is 11.2. The van der Waals surface area contributed by atoms with Crippen molar-refractivity contribution in [1.29, 1.82) is 0 Å². The molecule has 0 bridgehead atoms. The molecule has 1 heterocycles. The topological polar surface area (TPSA) is 61.4 Å². The van der Waals surface area contributed by atoms with Gasteiger partial charge in [-0.05, 0) is 27.2 Å². The van der Waals surface area contributed by atoms with Gasteiger partial charge in [-0.1, -0.05) is 6.92 Å². The average molecular weight is 241 g/mol. The van der Waals surface area contributed by atoms with Gasteiger partial charge in [-0.2, -0.15) is 0 Å².